The summed E-state index contributed by atoms with van der Waals surface area (Å²) in [5.41, 5.74) is 4.67. The molecule has 6 nitrogen and oxygen atoms in total. The summed E-state index contributed by atoms with van der Waals surface area (Å²) in [4.78, 5) is 24.6. The van der Waals surface area contributed by atoms with Crippen LogP contribution >= 0.6 is 15.9 Å². The highest BCUT2D eigenvalue weighted by Crippen LogP contribution is 2.15. The number of hydrogen-bond donors (Lipinski definition) is 1. The standard InChI is InChI=1S/C24H17BrN2O4/c25-19-5-3-4-17(12-19)24(29)27-26-13-16-8-10-20(11-9-16)30-14-18-15-31-22-7-2-1-6-21(22)23(18)28/h1-13,15H,14H2,(H,27,29)/b26-13+. The van der Waals surface area contributed by atoms with Crippen molar-refractivity contribution in [3.63, 3.8) is 0 Å². The van der Waals surface area contributed by atoms with Crippen LogP contribution in [0.2, 0.25) is 0 Å². The quantitative estimate of drug-likeness (QED) is 0.317. The van der Waals surface area contributed by atoms with Crippen molar-refractivity contribution in [2.75, 3.05) is 0 Å². The Morgan fingerprint density at radius 1 is 1.06 bits per heavy atom. The van der Waals surface area contributed by atoms with Crippen LogP contribution < -0.4 is 15.6 Å². The number of hydrogen-bond acceptors (Lipinski definition) is 5. The van der Waals surface area contributed by atoms with Crippen LogP contribution in [0.1, 0.15) is 21.5 Å². The van der Waals surface area contributed by atoms with Crippen molar-refractivity contribution >= 4 is 39.0 Å². The largest absolute Gasteiger partial charge is 0.489 e. The number of rotatable bonds is 6. The van der Waals surface area contributed by atoms with Gasteiger partial charge < -0.3 is 9.15 Å². The average Bonchev–Trinajstić information content (AvgIpc) is 2.79. The molecule has 1 heterocycles. The van der Waals surface area contributed by atoms with Crippen LogP contribution in [-0.2, 0) is 6.61 Å². The van der Waals surface area contributed by atoms with Crippen molar-refractivity contribution in [3.8, 4) is 5.75 Å². The molecule has 1 N–H and O–H groups in total. The first-order chi connectivity index (χ1) is 15.1. The third kappa shape index (κ3) is 5.07. The highest BCUT2D eigenvalue weighted by Gasteiger charge is 2.07. The van der Waals surface area contributed by atoms with Crippen molar-refractivity contribution in [1.29, 1.82) is 0 Å². The second-order valence-corrected chi connectivity index (χ2v) is 7.57. The van der Waals surface area contributed by atoms with Gasteiger partial charge in [-0.3, -0.25) is 9.59 Å². The summed E-state index contributed by atoms with van der Waals surface area (Å²) in [5.74, 6) is 0.301. The average molecular weight is 477 g/mol. The van der Waals surface area contributed by atoms with Gasteiger partial charge in [-0.15, -0.1) is 0 Å². The van der Waals surface area contributed by atoms with E-state index in [0.29, 0.717) is 27.8 Å². The van der Waals surface area contributed by atoms with Crippen molar-refractivity contribution in [1.82, 2.24) is 5.43 Å². The predicted octanol–water partition coefficient (Wildman–Crippen LogP) is 4.90. The number of carbonyl (C=O) groups is 1. The van der Waals surface area contributed by atoms with Gasteiger partial charge in [-0.1, -0.05) is 34.1 Å². The maximum Gasteiger partial charge on any atom is 0.271 e. The molecule has 0 aliphatic carbocycles. The molecule has 0 spiro atoms. The first kappa shape index (κ1) is 20.6. The molecule has 0 aliphatic rings. The van der Waals surface area contributed by atoms with Gasteiger partial charge in [-0.2, -0.15) is 5.10 Å². The summed E-state index contributed by atoms with van der Waals surface area (Å²) >= 11 is 3.33. The number of fused-ring (bicyclic) bond motifs is 1. The molecule has 7 heteroatoms. The third-order valence-corrected chi connectivity index (χ3v) is 4.99. The number of halogens is 1. The second-order valence-electron chi connectivity index (χ2n) is 6.65. The Balaban J connectivity index is 1.35. The van der Waals surface area contributed by atoms with E-state index in [0.717, 1.165) is 10.0 Å². The fraction of sp³-hybridized carbons (Fsp3) is 0.0417. The van der Waals surface area contributed by atoms with E-state index in [4.69, 9.17) is 9.15 Å². The Hall–Kier alpha value is -3.71. The first-order valence-electron chi connectivity index (χ1n) is 9.41. The predicted molar refractivity (Wildman–Crippen MR) is 122 cm³/mol. The van der Waals surface area contributed by atoms with Crippen LogP contribution in [-0.4, -0.2) is 12.1 Å². The van der Waals surface area contributed by atoms with Crippen LogP contribution in [0.4, 0.5) is 0 Å². The van der Waals surface area contributed by atoms with E-state index in [1.165, 1.54) is 12.5 Å². The van der Waals surface area contributed by atoms with E-state index in [-0.39, 0.29) is 17.9 Å². The van der Waals surface area contributed by atoms with Crippen LogP contribution in [0.15, 0.2) is 97.8 Å². The molecule has 0 bridgehead atoms. The van der Waals surface area contributed by atoms with Crippen molar-refractivity contribution < 1.29 is 13.9 Å². The fourth-order valence-electron chi connectivity index (χ4n) is 2.89. The molecule has 0 aliphatic heterocycles. The summed E-state index contributed by atoms with van der Waals surface area (Å²) in [6, 6.07) is 21.3. The van der Waals surface area contributed by atoms with E-state index < -0.39 is 0 Å². The number of carbonyl (C=O) groups excluding carboxylic acids is 1. The number of nitrogens with one attached hydrogen (secondary N) is 1. The van der Waals surface area contributed by atoms with Crippen LogP contribution in [0, 0.1) is 0 Å². The maximum absolute atomic E-state index is 12.5. The molecule has 0 saturated carbocycles. The summed E-state index contributed by atoms with van der Waals surface area (Å²) in [6.45, 7) is 0.100. The van der Waals surface area contributed by atoms with Gasteiger partial charge in [-0.05, 0) is 60.2 Å². The molecule has 4 aromatic rings. The normalized spacial score (nSPS) is 11.0. The molecule has 4 rings (SSSR count). The van der Waals surface area contributed by atoms with Crippen molar-refractivity contribution in [2.45, 2.75) is 6.61 Å². The van der Waals surface area contributed by atoms with Gasteiger partial charge in [0.05, 0.1) is 17.2 Å². The fourth-order valence-corrected chi connectivity index (χ4v) is 3.29. The summed E-state index contributed by atoms with van der Waals surface area (Å²) in [5, 5.41) is 4.50. The molecule has 0 unspecified atom stereocenters. The SMILES string of the molecule is O=C(N/N=C/c1ccc(OCc2coc3ccccc3c2=O)cc1)c1cccc(Br)c1. The topological polar surface area (TPSA) is 80.9 Å². The van der Waals surface area contributed by atoms with Gasteiger partial charge in [-0.25, -0.2) is 5.43 Å². The Bertz CT molecular complexity index is 1310. The Kier molecular flexibility index (Phi) is 6.24. The van der Waals surface area contributed by atoms with Gasteiger partial charge in [0, 0.05) is 10.0 Å². The molecule has 3 aromatic carbocycles. The number of hydrazone groups is 1. The molecular weight excluding hydrogens is 460 g/mol. The lowest BCUT2D eigenvalue weighted by atomic mass is 10.2. The highest BCUT2D eigenvalue weighted by molar-refractivity contribution is 9.10. The van der Waals surface area contributed by atoms with E-state index in [2.05, 4.69) is 26.5 Å². The lowest BCUT2D eigenvalue weighted by molar-refractivity contribution is 0.0955. The lowest BCUT2D eigenvalue weighted by Gasteiger charge is -2.06. The summed E-state index contributed by atoms with van der Waals surface area (Å²) in [7, 11) is 0. The number of nitrogens with zero attached hydrogens (tertiary/aromatic N) is 1. The second kappa shape index (κ2) is 9.40. The highest BCUT2D eigenvalue weighted by atomic mass is 79.9. The number of benzene rings is 3. The van der Waals surface area contributed by atoms with Crippen LogP contribution in [0.3, 0.4) is 0 Å². The number of ether oxygens (including phenoxy) is 1. The molecular formula is C24H17BrN2O4. The van der Waals surface area contributed by atoms with E-state index in [9.17, 15) is 9.59 Å². The minimum absolute atomic E-state index is 0.100. The first-order valence-corrected chi connectivity index (χ1v) is 10.2. The molecule has 0 saturated heterocycles. The Morgan fingerprint density at radius 3 is 2.68 bits per heavy atom. The number of para-hydroxylation sites is 1. The maximum atomic E-state index is 12.5. The van der Waals surface area contributed by atoms with Gasteiger partial charge in [0.1, 0.15) is 24.2 Å². The van der Waals surface area contributed by atoms with Gasteiger partial charge in [0.25, 0.3) is 5.91 Å². The molecule has 0 radical (unpaired) electrons. The smallest absolute Gasteiger partial charge is 0.271 e. The molecule has 1 aromatic heterocycles. The lowest BCUT2D eigenvalue weighted by Crippen LogP contribution is -2.17. The molecule has 31 heavy (non-hydrogen) atoms. The Morgan fingerprint density at radius 2 is 1.87 bits per heavy atom. The van der Waals surface area contributed by atoms with Gasteiger partial charge in [0.15, 0.2) is 5.43 Å². The van der Waals surface area contributed by atoms with E-state index >= 15 is 0 Å². The van der Waals surface area contributed by atoms with Crippen molar-refractivity contribution in [2.24, 2.45) is 5.10 Å². The summed E-state index contributed by atoms with van der Waals surface area (Å²) < 4.78 is 12.0. The van der Waals surface area contributed by atoms with E-state index in [1.807, 2.05) is 12.1 Å². The van der Waals surface area contributed by atoms with Gasteiger partial charge >= 0.3 is 0 Å². The number of amides is 1. The minimum atomic E-state index is -0.299. The van der Waals surface area contributed by atoms with Crippen LogP contribution in [0.25, 0.3) is 11.0 Å². The van der Waals surface area contributed by atoms with E-state index in [1.54, 1.807) is 60.7 Å². The van der Waals surface area contributed by atoms with Crippen LogP contribution in [0.5, 0.6) is 5.75 Å². The minimum Gasteiger partial charge on any atom is -0.489 e. The monoisotopic (exact) mass is 476 g/mol. The zero-order valence-corrected chi connectivity index (χ0v) is 17.8. The Labute approximate surface area is 186 Å². The van der Waals surface area contributed by atoms with Gasteiger partial charge in [0.2, 0.25) is 0 Å². The molecule has 0 fully saturated rings. The zero-order chi connectivity index (χ0) is 21.6. The zero-order valence-electron chi connectivity index (χ0n) is 16.2. The van der Waals surface area contributed by atoms with Crippen molar-refractivity contribution in [3.05, 3.63) is 110 Å². The summed E-state index contributed by atoms with van der Waals surface area (Å²) in [6.07, 6.45) is 2.97. The molecule has 154 valence electrons. The molecule has 1 amide bonds. The third-order valence-electron chi connectivity index (χ3n) is 4.49. The molecule has 0 atom stereocenters.